The van der Waals surface area contributed by atoms with E-state index in [4.69, 9.17) is 10.2 Å². The first-order valence-electron chi connectivity index (χ1n) is 20.0. The first kappa shape index (κ1) is 57.0. The Hall–Kier alpha value is -3.96. The van der Waals surface area contributed by atoms with Gasteiger partial charge < -0.3 is 46.0 Å². The van der Waals surface area contributed by atoms with E-state index in [0.29, 0.717) is 31.7 Å². The highest BCUT2D eigenvalue weighted by Gasteiger charge is 2.14. The molecule has 0 spiro atoms. The van der Waals surface area contributed by atoms with Gasteiger partial charge in [0.15, 0.2) is 0 Å². The number of carbonyl (C=O) groups is 4. The van der Waals surface area contributed by atoms with Crippen molar-refractivity contribution in [3.8, 4) is 0 Å². The molecular formula is C46H65N3O8S4. The smallest absolute Gasteiger partial charge is 0.336 e. The van der Waals surface area contributed by atoms with E-state index in [0.717, 1.165) is 45.8 Å². The monoisotopic (exact) mass is 915 g/mol. The van der Waals surface area contributed by atoms with E-state index in [9.17, 15) is 29.4 Å². The summed E-state index contributed by atoms with van der Waals surface area (Å²) in [5.74, 6) is -4.52. The van der Waals surface area contributed by atoms with Crippen LogP contribution in [0, 0.1) is 0 Å². The van der Waals surface area contributed by atoms with Crippen molar-refractivity contribution in [2.75, 3.05) is 0 Å². The number of hydrogen-bond donors (Lipinski definition) is 5. The summed E-state index contributed by atoms with van der Waals surface area (Å²) in [5, 5.41) is 48.1. The van der Waals surface area contributed by atoms with E-state index in [-0.39, 0.29) is 22.3 Å². The largest absolute Gasteiger partial charge is 0.545 e. The molecule has 0 aliphatic carbocycles. The van der Waals surface area contributed by atoms with Crippen LogP contribution in [0.2, 0.25) is 0 Å². The molecule has 0 radical (unpaired) electrons. The van der Waals surface area contributed by atoms with Gasteiger partial charge in [-0.25, -0.2) is 9.59 Å². The van der Waals surface area contributed by atoms with Crippen LogP contribution in [0.25, 0.3) is 0 Å². The Morgan fingerprint density at radius 1 is 0.426 bits per heavy atom. The predicted molar refractivity (Wildman–Crippen MR) is 250 cm³/mol. The summed E-state index contributed by atoms with van der Waals surface area (Å²) in [6.45, 7) is 26.3. The zero-order valence-corrected chi connectivity index (χ0v) is 40.6. The zero-order chi connectivity index (χ0) is 46.7. The van der Waals surface area contributed by atoms with Crippen LogP contribution in [-0.4, -0.2) is 70.3 Å². The predicted octanol–water partition coefficient (Wildman–Crippen LogP) is 7.22. The molecule has 0 atom stereocenters. The fourth-order valence-corrected chi connectivity index (χ4v) is 9.92. The summed E-state index contributed by atoms with van der Waals surface area (Å²) in [7, 11) is 4.79. The molecule has 7 N–H and O–H groups in total. The van der Waals surface area contributed by atoms with Gasteiger partial charge >= 0.3 is 11.9 Å². The Balaban J connectivity index is 0.000000815. The summed E-state index contributed by atoms with van der Waals surface area (Å²) >= 11 is 0. The Bertz CT molecular complexity index is 1620. The van der Waals surface area contributed by atoms with E-state index in [1.165, 1.54) is 45.9 Å². The first-order valence-corrected chi connectivity index (χ1v) is 24.3. The molecule has 0 amide bonds. The van der Waals surface area contributed by atoms with Gasteiger partial charge in [-0.05, 0) is 91.8 Å². The topological polar surface area (TPSA) is 200 Å². The molecule has 0 aliphatic heterocycles. The van der Waals surface area contributed by atoms with Crippen molar-refractivity contribution in [2.24, 2.45) is 0 Å². The SMILES string of the molecule is CC(C)NC(C)C.CC(C)[NH2+]C(C)C.CC(C)[NH2+]C(C)C.O=C(O)c1ccccc1SSc1ccccc1C(=O)O.O=C([O-])c1ccccc1SSc1ccccc1C(=O)[O-]. The third-order valence-corrected chi connectivity index (χ3v) is 12.1. The Morgan fingerprint density at radius 2 is 0.639 bits per heavy atom. The summed E-state index contributed by atoms with van der Waals surface area (Å²) in [4.78, 5) is 46.3. The van der Waals surface area contributed by atoms with Crippen LogP contribution in [-0.2, 0) is 0 Å². The molecule has 0 saturated heterocycles. The van der Waals surface area contributed by atoms with Crippen LogP contribution in [0.15, 0.2) is 117 Å². The minimum absolute atomic E-state index is 0.0796. The van der Waals surface area contributed by atoms with Gasteiger partial charge in [0.25, 0.3) is 0 Å². The van der Waals surface area contributed by atoms with Gasteiger partial charge in [0.05, 0.1) is 47.2 Å². The number of carbonyl (C=O) groups excluding carboxylic acids is 2. The zero-order valence-electron chi connectivity index (χ0n) is 37.3. The minimum atomic E-state index is -1.26. The van der Waals surface area contributed by atoms with E-state index >= 15 is 0 Å². The number of rotatable bonds is 16. The number of benzene rings is 4. The average molecular weight is 916 g/mol. The fraction of sp³-hybridized carbons (Fsp3) is 0.391. The second kappa shape index (κ2) is 31.8. The maximum absolute atomic E-state index is 11.1. The molecule has 336 valence electrons. The van der Waals surface area contributed by atoms with E-state index in [1.54, 1.807) is 72.8 Å². The summed E-state index contributed by atoms with van der Waals surface area (Å²) in [6, 6.07) is 30.3. The first-order chi connectivity index (χ1) is 28.6. The van der Waals surface area contributed by atoms with Crippen LogP contribution < -0.4 is 26.2 Å². The molecule has 11 nitrogen and oxygen atoms in total. The molecule has 15 heteroatoms. The van der Waals surface area contributed by atoms with E-state index in [2.05, 4.69) is 99.0 Å². The lowest BCUT2D eigenvalue weighted by molar-refractivity contribution is -0.709. The molecule has 0 bridgehead atoms. The molecule has 0 unspecified atom stereocenters. The molecule has 0 heterocycles. The van der Waals surface area contributed by atoms with Gasteiger partial charge in [-0.2, -0.15) is 0 Å². The number of aromatic carboxylic acids is 4. The highest BCUT2D eigenvalue weighted by atomic mass is 33.1. The van der Waals surface area contributed by atoms with E-state index in [1.807, 2.05) is 0 Å². The van der Waals surface area contributed by atoms with Gasteiger partial charge in [0, 0.05) is 42.8 Å². The van der Waals surface area contributed by atoms with Gasteiger partial charge in [-0.1, -0.05) is 132 Å². The summed E-state index contributed by atoms with van der Waals surface area (Å²) in [5.41, 5.74) is 0.572. The average Bonchev–Trinajstić information content (AvgIpc) is 3.16. The van der Waals surface area contributed by atoms with E-state index < -0.39 is 23.9 Å². The number of hydrogen-bond acceptors (Lipinski definition) is 11. The van der Waals surface area contributed by atoms with Crippen molar-refractivity contribution in [3.05, 3.63) is 119 Å². The van der Waals surface area contributed by atoms with Crippen LogP contribution in [0.5, 0.6) is 0 Å². The van der Waals surface area contributed by atoms with Gasteiger partial charge in [-0.3, -0.25) is 0 Å². The Labute approximate surface area is 378 Å². The lowest BCUT2D eigenvalue weighted by Gasteiger charge is -2.11. The fourth-order valence-electron chi connectivity index (χ4n) is 5.23. The van der Waals surface area contributed by atoms with Crippen molar-refractivity contribution in [1.29, 1.82) is 0 Å². The molecule has 0 aromatic heterocycles. The third-order valence-electron chi connectivity index (χ3n) is 7.10. The number of quaternary nitrogens is 2. The maximum atomic E-state index is 11.1. The van der Waals surface area contributed by atoms with Crippen molar-refractivity contribution < 1.29 is 50.2 Å². The number of carboxylic acids is 4. The van der Waals surface area contributed by atoms with Crippen LogP contribution in [0.4, 0.5) is 0 Å². The Kier molecular flexibility index (Phi) is 29.8. The summed E-state index contributed by atoms with van der Waals surface area (Å²) in [6.07, 6.45) is 0. The van der Waals surface area contributed by atoms with Crippen molar-refractivity contribution in [1.82, 2.24) is 5.32 Å². The van der Waals surface area contributed by atoms with Crippen molar-refractivity contribution in [3.63, 3.8) is 0 Å². The standard InChI is InChI=1S/2C14H10O4S2.3C6H15N/c2*15-13(16)9-5-1-3-7-11(9)19-20-12-8-4-2-6-10(12)14(17)18;3*1-5(2)7-6(3)4/h2*1-8H,(H,15,16)(H,17,18);3*5-7H,1-4H3. The second-order valence-corrected chi connectivity index (χ2v) is 19.8. The highest BCUT2D eigenvalue weighted by Crippen LogP contribution is 2.41. The van der Waals surface area contributed by atoms with Crippen LogP contribution >= 0.6 is 43.2 Å². The molecular weight excluding hydrogens is 851 g/mol. The van der Waals surface area contributed by atoms with Crippen molar-refractivity contribution in [2.45, 2.75) is 139 Å². The van der Waals surface area contributed by atoms with Gasteiger partial charge in [0.1, 0.15) is 0 Å². The second-order valence-electron chi connectivity index (χ2n) is 15.3. The normalized spacial score (nSPS) is 10.5. The lowest BCUT2D eigenvalue weighted by atomic mass is 10.2. The lowest BCUT2D eigenvalue weighted by Crippen LogP contribution is -2.92. The molecule has 4 aromatic carbocycles. The van der Waals surface area contributed by atoms with Gasteiger partial charge in [0.2, 0.25) is 0 Å². The molecule has 4 aromatic rings. The van der Waals surface area contributed by atoms with Crippen LogP contribution in [0.3, 0.4) is 0 Å². The molecule has 61 heavy (non-hydrogen) atoms. The quantitative estimate of drug-likeness (QED) is 0.0707. The third kappa shape index (κ3) is 26.9. The molecule has 0 fully saturated rings. The number of nitrogens with two attached hydrogens (primary N) is 2. The van der Waals surface area contributed by atoms with Crippen LogP contribution in [0.1, 0.15) is 125 Å². The number of nitrogens with one attached hydrogen (secondary N) is 1. The minimum Gasteiger partial charge on any atom is -0.545 e. The van der Waals surface area contributed by atoms with Crippen molar-refractivity contribution >= 4 is 67.1 Å². The maximum Gasteiger partial charge on any atom is 0.336 e. The van der Waals surface area contributed by atoms with Gasteiger partial charge in [-0.15, -0.1) is 0 Å². The summed E-state index contributed by atoms with van der Waals surface area (Å²) < 4.78 is 0. The highest BCUT2D eigenvalue weighted by molar-refractivity contribution is 8.77. The molecule has 0 aliphatic rings. The number of carboxylic acid groups (broad SMARTS) is 4. The molecule has 0 saturated carbocycles. The Morgan fingerprint density at radius 3 is 0.803 bits per heavy atom. The molecule has 4 rings (SSSR count).